The van der Waals surface area contributed by atoms with E-state index < -0.39 is 12.0 Å². The smallest absolute Gasteiger partial charge is 0.308 e. The van der Waals surface area contributed by atoms with Crippen LogP contribution >= 0.6 is 0 Å². The molecule has 1 aliphatic carbocycles. The number of carbonyl (C=O) groups excluding carboxylic acids is 3. The summed E-state index contributed by atoms with van der Waals surface area (Å²) in [6.45, 7) is 1.83. The van der Waals surface area contributed by atoms with Gasteiger partial charge in [0.2, 0.25) is 0 Å². The molecule has 164 valence electrons. The summed E-state index contributed by atoms with van der Waals surface area (Å²) in [4.78, 5) is 37.3. The maximum atomic E-state index is 12.6. The molecule has 0 aliphatic heterocycles. The van der Waals surface area contributed by atoms with Gasteiger partial charge in [-0.05, 0) is 36.5 Å². The lowest BCUT2D eigenvalue weighted by Crippen LogP contribution is -2.43. The Labute approximate surface area is 183 Å². The zero-order valence-electron chi connectivity index (χ0n) is 17.9. The predicted molar refractivity (Wildman–Crippen MR) is 118 cm³/mol. The lowest BCUT2D eigenvalue weighted by molar-refractivity contribution is -0.149. The SMILES string of the molecule is C[C@H]1CCCC[C@@H]1NC(=O)COC(=O)C[C@H](NC(=O)c1ccccc1)c1ccccc1. The largest absolute Gasteiger partial charge is 0.456 e. The third kappa shape index (κ3) is 6.95. The van der Waals surface area contributed by atoms with Crippen molar-refractivity contribution >= 4 is 17.8 Å². The average Bonchev–Trinajstić information content (AvgIpc) is 2.80. The summed E-state index contributed by atoms with van der Waals surface area (Å²) in [5, 5.41) is 5.88. The minimum Gasteiger partial charge on any atom is -0.456 e. The fourth-order valence-corrected chi connectivity index (χ4v) is 3.92. The summed E-state index contributed by atoms with van der Waals surface area (Å²) in [7, 11) is 0. The van der Waals surface area contributed by atoms with Gasteiger partial charge in [-0.25, -0.2) is 0 Å². The first-order valence-corrected chi connectivity index (χ1v) is 10.9. The lowest BCUT2D eigenvalue weighted by atomic mass is 9.86. The summed E-state index contributed by atoms with van der Waals surface area (Å²) in [6, 6.07) is 17.7. The van der Waals surface area contributed by atoms with E-state index in [1.54, 1.807) is 24.3 Å². The van der Waals surface area contributed by atoms with Gasteiger partial charge in [-0.15, -0.1) is 0 Å². The van der Waals surface area contributed by atoms with Gasteiger partial charge in [-0.1, -0.05) is 68.3 Å². The molecular formula is C25H30N2O4. The van der Waals surface area contributed by atoms with Crippen LogP contribution in [0.1, 0.15) is 61.0 Å². The van der Waals surface area contributed by atoms with Crippen molar-refractivity contribution in [1.29, 1.82) is 0 Å². The van der Waals surface area contributed by atoms with Gasteiger partial charge >= 0.3 is 5.97 Å². The van der Waals surface area contributed by atoms with E-state index in [1.807, 2.05) is 36.4 Å². The molecule has 6 nitrogen and oxygen atoms in total. The van der Waals surface area contributed by atoms with Crippen molar-refractivity contribution in [3.63, 3.8) is 0 Å². The molecule has 2 aromatic carbocycles. The van der Waals surface area contributed by atoms with Crippen LogP contribution in [0.2, 0.25) is 0 Å². The second-order valence-corrected chi connectivity index (χ2v) is 8.10. The number of amides is 2. The van der Waals surface area contributed by atoms with Crippen LogP contribution in [0.5, 0.6) is 0 Å². The highest BCUT2D eigenvalue weighted by molar-refractivity contribution is 5.94. The Kier molecular flexibility index (Phi) is 8.21. The molecule has 2 aromatic rings. The first-order chi connectivity index (χ1) is 15.0. The van der Waals surface area contributed by atoms with Crippen molar-refractivity contribution < 1.29 is 19.1 Å². The molecule has 0 bridgehead atoms. The third-order valence-electron chi connectivity index (χ3n) is 5.74. The second-order valence-electron chi connectivity index (χ2n) is 8.10. The number of rotatable bonds is 8. The molecule has 2 N–H and O–H groups in total. The molecule has 0 spiro atoms. The van der Waals surface area contributed by atoms with E-state index >= 15 is 0 Å². The van der Waals surface area contributed by atoms with E-state index in [0.29, 0.717) is 11.5 Å². The lowest BCUT2D eigenvalue weighted by Gasteiger charge is -2.29. The minimum atomic E-state index is -0.553. The molecule has 0 saturated heterocycles. The highest BCUT2D eigenvalue weighted by Gasteiger charge is 2.24. The fraction of sp³-hybridized carbons (Fsp3) is 0.400. The van der Waals surface area contributed by atoms with E-state index in [1.165, 1.54) is 6.42 Å². The molecule has 31 heavy (non-hydrogen) atoms. The van der Waals surface area contributed by atoms with Crippen LogP contribution in [0.15, 0.2) is 60.7 Å². The van der Waals surface area contributed by atoms with Crippen molar-refractivity contribution in [2.24, 2.45) is 5.92 Å². The first kappa shape index (κ1) is 22.5. The van der Waals surface area contributed by atoms with E-state index in [2.05, 4.69) is 17.6 Å². The van der Waals surface area contributed by atoms with Crippen LogP contribution in [-0.4, -0.2) is 30.4 Å². The standard InChI is InChI=1S/C25H30N2O4/c1-18-10-8-9-15-21(18)26-23(28)17-31-24(29)16-22(19-11-4-2-5-12-19)27-25(30)20-13-6-3-7-14-20/h2-7,11-14,18,21-22H,8-10,15-17H2,1H3,(H,26,28)(H,27,30)/t18-,21-,22-/m0/s1. The maximum absolute atomic E-state index is 12.6. The van der Waals surface area contributed by atoms with Crippen molar-refractivity contribution in [1.82, 2.24) is 10.6 Å². The number of carbonyl (C=O) groups is 3. The molecular weight excluding hydrogens is 392 g/mol. The van der Waals surface area contributed by atoms with Gasteiger partial charge in [0.25, 0.3) is 11.8 Å². The highest BCUT2D eigenvalue weighted by Crippen LogP contribution is 2.23. The summed E-state index contributed by atoms with van der Waals surface area (Å²) in [5.41, 5.74) is 1.31. The number of nitrogens with one attached hydrogen (secondary N) is 2. The van der Waals surface area contributed by atoms with Crippen molar-refractivity contribution in [2.75, 3.05) is 6.61 Å². The number of hydrogen-bond acceptors (Lipinski definition) is 4. The Hall–Kier alpha value is -3.15. The van der Waals surface area contributed by atoms with Gasteiger partial charge in [0.15, 0.2) is 6.61 Å². The Morgan fingerprint density at radius 1 is 0.968 bits per heavy atom. The van der Waals surface area contributed by atoms with Crippen LogP contribution < -0.4 is 10.6 Å². The van der Waals surface area contributed by atoms with Gasteiger partial charge in [0.1, 0.15) is 0 Å². The monoisotopic (exact) mass is 422 g/mol. The molecule has 0 aromatic heterocycles. The second kappa shape index (κ2) is 11.3. The summed E-state index contributed by atoms with van der Waals surface area (Å²) in [6.07, 6.45) is 4.30. The third-order valence-corrected chi connectivity index (χ3v) is 5.74. The Balaban J connectivity index is 1.55. The maximum Gasteiger partial charge on any atom is 0.308 e. The van der Waals surface area contributed by atoms with Crippen LogP contribution in [0, 0.1) is 5.92 Å². The van der Waals surface area contributed by atoms with Crippen LogP contribution in [0.25, 0.3) is 0 Å². The normalized spacial score (nSPS) is 19.1. The van der Waals surface area contributed by atoms with Gasteiger partial charge in [0, 0.05) is 11.6 Å². The Morgan fingerprint density at radius 2 is 1.61 bits per heavy atom. The number of ether oxygens (including phenoxy) is 1. The molecule has 1 aliphatic rings. The van der Waals surface area contributed by atoms with E-state index in [9.17, 15) is 14.4 Å². The topological polar surface area (TPSA) is 84.5 Å². The first-order valence-electron chi connectivity index (χ1n) is 10.9. The molecule has 6 heteroatoms. The molecule has 3 atom stereocenters. The number of hydrogen-bond donors (Lipinski definition) is 2. The van der Waals surface area contributed by atoms with Crippen molar-refractivity contribution in [3.8, 4) is 0 Å². The van der Waals surface area contributed by atoms with Crippen molar-refractivity contribution in [3.05, 3.63) is 71.8 Å². The summed E-state index contributed by atoms with van der Waals surface area (Å²) < 4.78 is 5.22. The Morgan fingerprint density at radius 3 is 2.29 bits per heavy atom. The molecule has 1 fully saturated rings. The fourth-order valence-electron chi connectivity index (χ4n) is 3.92. The van der Waals surface area contributed by atoms with Gasteiger partial charge in [-0.3, -0.25) is 14.4 Å². The van der Waals surface area contributed by atoms with Gasteiger partial charge in [0.05, 0.1) is 12.5 Å². The van der Waals surface area contributed by atoms with Crippen LogP contribution in [-0.2, 0) is 14.3 Å². The van der Waals surface area contributed by atoms with E-state index in [4.69, 9.17) is 4.74 Å². The number of esters is 1. The molecule has 3 rings (SSSR count). The Bertz CT molecular complexity index is 870. The molecule has 0 unspecified atom stereocenters. The predicted octanol–water partition coefficient (Wildman–Crippen LogP) is 3.79. The zero-order valence-corrected chi connectivity index (χ0v) is 17.9. The molecule has 1 saturated carbocycles. The summed E-state index contributed by atoms with van der Waals surface area (Å²) >= 11 is 0. The molecule has 0 radical (unpaired) electrons. The highest BCUT2D eigenvalue weighted by atomic mass is 16.5. The molecule has 0 heterocycles. The zero-order chi connectivity index (χ0) is 22.1. The van der Waals surface area contributed by atoms with Crippen molar-refractivity contribution in [2.45, 2.75) is 51.1 Å². The van der Waals surface area contributed by atoms with E-state index in [0.717, 1.165) is 24.8 Å². The van der Waals surface area contributed by atoms with Gasteiger partial charge < -0.3 is 15.4 Å². The van der Waals surface area contributed by atoms with E-state index in [-0.39, 0.29) is 30.9 Å². The number of benzene rings is 2. The quantitative estimate of drug-likeness (QED) is 0.634. The van der Waals surface area contributed by atoms with Crippen LogP contribution in [0.4, 0.5) is 0 Å². The average molecular weight is 423 g/mol. The minimum absolute atomic E-state index is 0.0598. The molecule has 2 amide bonds. The van der Waals surface area contributed by atoms with Gasteiger partial charge in [-0.2, -0.15) is 0 Å². The van der Waals surface area contributed by atoms with Crippen LogP contribution in [0.3, 0.4) is 0 Å². The summed E-state index contributed by atoms with van der Waals surface area (Å²) in [5.74, 6) is -0.652.